The van der Waals surface area contributed by atoms with E-state index in [1.807, 2.05) is 41.3 Å². The van der Waals surface area contributed by atoms with E-state index in [-0.39, 0.29) is 6.42 Å². The van der Waals surface area contributed by atoms with E-state index in [4.69, 9.17) is 5.11 Å². The van der Waals surface area contributed by atoms with Crippen LogP contribution in [0.1, 0.15) is 17.1 Å². The normalized spacial score (nSPS) is 11.1. The molecule has 0 aromatic carbocycles. The van der Waals surface area contributed by atoms with Gasteiger partial charge in [0.05, 0.1) is 17.8 Å². The van der Waals surface area contributed by atoms with Crippen LogP contribution in [0, 0.1) is 13.8 Å². The molecule has 0 fully saturated rings. The number of fused-ring (bicyclic) bond motifs is 1. The summed E-state index contributed by atoms with van der Waals surface area (Å²) in [6.07, 6.45) is 7.28. The second kappa shape index (κ2) is 4.48. The van der Waals surface area contributed by atoms with Gasteiger partial charge in [0.1, 0.15) is 11.5 Å². The summed E-state index contributed by atoms with van der Waals surface area (Å²) in [4.78, 5) is 19.3. The van der Waals surface area contributed by atoms with Gasteiger partial charge in [0, 0.05) is 24.8 Å². The van der Waals surface area contributed by atoms with Gasteiger partial charge in [0.15, 0.2) is 0 Å². The van der Waals surface area contributed by atoms with Crippen LogP contribution in [0.4, 0.5) is 0 Å². The number of rotatable bonds is 3. The molecule has 3 heterocycles. The summed E-state index contributed by atoms with van der Waals surface area (Å²) in [6.45, 7) is 3.94. The predicted octanol–water partition coefficient (Wildman–Crippen LogP) is 1.76. The van der Waals surface area contributed by atoms with Gasteiger partial charge in [-0.15, -0.1) is 0 Å². The number of nitrogens with zero attached hydrogens (tertiary/aromatic N) is 4. The minimum absolute atomic E-state index is 0.0693. The zero-order valence-corrected chi connectivity index (χ0v) is 11.2. The minimum Gasteiger partial charge on any atom is -0.481 e. The fourth-order valence-corrected chi connectivity index (χ4v) is 2.30. The second-order valence-electron chi connectivity index (χ2n) is 4.75. The number of imidazole rings is 2. The molecule has 1 N–H and O–H groups in total. The van der Waals surface area contributed by atoms with Crippen molar-refractivity contribution in [3.63, 3.8) is 0 Å². The van der Waals surface area contributed by atoms with Crippen LogP contribution >= 0.6 is 0 Å². The summed E-state index contributed by atoms with van der Waals surface area (Å²) in [7, 11) is 0. The van der Waals surface area contributed by atoms with Gasteiger partial charge in [0.2, 0.25) is 0 Å². The van der Waals surface area contributed by atoms with Crippen LogP contribution in [0.5, 0.6) is 0 Å². The Balaban J connectivity index is 2.13. The van der Waals surface area contributed by atoms with E-state index in [1.54, 1.807) is 12.4 Å². The smallest absolute Gasteiger partial charge is 0.309 e. The van der Waals surface area contributed by atoms with Gasteiger partial charge < -0.3 is 14.1 Å². The van der Waals surface area contributed by atoms with Crippen molar-refractivity contribution < 1.29 is 9.90 Å². The van der Waals surface area contributed by atoms with Crippen LogP contribution in [-0.4, -0.2) is 30.0 Å². The molecular formula is C14H14N4O2. The Hall–Kier alpha value is -2.63. The van der Waals surface area contributed by atoms with Gasteiger partial charge >= 0.3 is 5.97 Å². The number of aliphatic carboxylic acids is 1. The van der Waals surface area contributed by atoms with E-state index in [9.17, 15) is 4.79 Å². The Morgan fingerprint density at radius 1 is 1.35 bits per heavy atom. The second-order valence-corrected chi connectivity index (χ2v) is 4.75. The molecule has 0 aliphatic rings. The third kappa shape index (κ3) is 2.05. The zero-order chi connectivity index (χ0) is 14.3. The first-order valence-electron chi connectivity index (χ1n) is 6.25. The Labute approximate surface area is 115 Å². The minimum atomic E-state index is -0.879. The fraction of sp³-hybridized carbons (Fsp3) is 0.214. The van der Waals surface area contributed by atoms with Gasteiger partial charge in [-0.1, -0.05) is 0 Å². The lowest BCUT2D eigenvalue weighted by Gasteiger charge is -2.09. The number of carboxylic acid groups (broad SMARTS) is 1. The number of aryl methyl sites for hydroxylation is 2. The van der Waals surface area contributed by atoms with Gasteiger partial charge in [-0.2, -0.15) is 0 Å². The van der Waals surface area contributed by atoms with Gasteiger partial charge in [-0.05, 0) is 25.5 Å². The number of hydrogen-bond donors (Lipinski definition) is 1. The predicted molar refractivity (Wildman–Crippen MR) is 73.1 cm³/mol. The number of hydrogen-bond acceptors (Lipinski definition) is 3. The van der Waals surface area contributed by atoms with Crippen molar-refractivity contribution >= 4 is 11.6 Å². The third-order valence-electron chi connectivity index (χ3n) is 3.24. The lowest BCUT2D eigenvalue weighted by Crippen LogP contribution is -2.00. The van der Waals surface area contributed by atoms with E-state index in [2.05, 4.69) is 9.97 Å². The van der Waals surface area contributed by atoms with Crippen LogP contribution in [0.15, 0.2) is 30.9 Å². The standard InChI is InChI=1S/C14H14N4O2/c1-9-5-13-16-11(6-14(19)20)7-17(13)8-12(9)18-4-3-15-10(18)2/h3-5,7-8H,6H2,1-2H3,(H,19,20). The summed E-state index contributed by atoms with van der Waals surface area (Å²) in [5.41, 5.74) is 3.37. The maximum Gasteiger partial charge on any atom is 0.309 e. The molecule has 0 saturated heterocycles. The molecule has 0 amide bonds. The fourth-order valence-electron chi connectivity index (χ4n) is 2.30. The van der Waals surface area contributed by atoms with Gasteiger partial charge in [-0.25, -0.2) is 9.97 Å². The van der Waals surface area contributed by atoms with Crippen LogP contribution in [0.3, 0.4) is 0 Å². The molecule has 6 nitrogen and oxygen atoms in total. The molecule has 0 atom stereocenters. The molecule has 3 aromatic rings. The van der Waals surface area contributed by atoms with E-state index < -0.39 is 5.97 Å². The monoisotopic (exact) mass is 270 g/mol. The summed E-state index contributed by atoms with van der Waals surface area (Å²) < 4.78 is 3.84. The van der Waals surface area contributed by atoms with Crippen LogP contribution in [0.2, 0.25) is 0 Å². The maximum absolute atomic E-state index is 10.7. The highest BCUT2D eigenvalue weighted by atomic mass is 16.4. The van der Waals surface area contributed by atoms with Crippen LogP contribution < -0.4 is 0 Å². The number of pyridine rings is 1. The first-order valence-corrected chi connectivity index (χ1v) is 6.25. The lowest BCUT2D eigenvalue weighted by atomic mass is 10.2. The van der Waals surface area contributed by atoms with Gasteiger partial charge in [-0.3, -0.25) is 4.79 Å². The van der Waals surface area contributed by atoms with E-state index in [1.165, 1.54) is 0 Å². The number of aromatic nitrogens is 4. The molecule has 6 heteroatoms. The Morgan fingerprint density at radius 3 is 2.80 bits per heavy atom. The molecule has 102 valence electrons. The van der Waals surface area contributed by atoms with Crippen molar-refractivity contribution in [1.82, 2.24) is 18.9 Å². The molecule has 0 unspecified atom stereocenters. The van der Waals surface area contributed by atoms with Crippen molar-refractivity contribution in [3.8, 4) is 5.69 Å². The third-order valence-corrected chi connectivity index (χ3v) is 3.24. The molecule has 20 heavy (non-hydrogen) atoms. The molecule has 3 aromatic heterocycles. The van der Waals surface area contributed by atoms with Crippen LogP contribution in [0.25, 0.3) is 11.3 Å². The quantitative estimate of drug-likeness (QED) is 0.787. The molecule has 0 aliphatic heterocycles. The highest BCUT2D eigenvalue weighted by Gasteiger charge is 2.10. The Bertz CT molecular complexity index is 801. The maximum atomic E-state index is 10.7. The number of carboxylic acids is 1. The summed E-state index contributed by atoms with van der Waals surface area (Å²) in [5.74, 6) is 0.0223. The first-order chi connectivity index (χ1) is 9.54. The molecule has 3 rings (SSSR count). The largest absolute Gasteiger partial charge is 0.481 e. The Kier molecular flexibility index (Phi) is 2.78. The Morgan fingerprint density at radius 2 is 2.15 bits per heavy atom. The van der Waals surface area contributed by atoms with Crippen molar-refractivity contribution in [2.24, 2.45) is 0 Å². The van der Waals surface area contributed by atoms with Crippen molar-refractivity contribution in [3.05, 3.63) is 47.9 Å². The average molecular weight is 270 g/mol. The van der Waals surface area contributed by atoms with Gasteiger partial charge in [0.25, 0.3) is 0 Å². The average Bonchev–Trinajstić information content (AvgIpc) is 2.92. The van der Waals surface area contributed by atoms with Crippen molar-refractivity contribution in [1.29, 1.82) is 0 Å². The van der Waals surface area contributed by atoms with Crippen molar-refractivity contribution in [2.45, 2.75) is 20.3 Å². The molecule has 0 aliphatic carbocycles. The molecule has 0 spiro atoms. The summed E-state index contributed by atoms with van der Waals surface area (Å²) in [6, 6.07) is 1.94. The highest BCUT2D eigenvalue weighted by Crippen LogP contribution is 2.18. The van der Waals surface area contributed by atoms with E-state index in [0.29, 0.717) is 5.69 Å². The van der Waals surface area contributed by atoms with Crippen molar-refractivity contribution in [2.75, 3.05) is 0 Å². The molecular weight excluding hydrogens is 256 g/mol. The lowest BCUT2D eigenvalue weighted by molar-refractivity contribution is -0.136. The van der Waals surface area contributed by atoms with E-state index >= 15 is 0 Å². The molecule has 0 saturated carbocycles. The van der Waals surface area contributed by atoms with Crippen LogP contribution in [-0.2, 0) is 11.2 Å². The van der Waals surface area contributed by atoms with E-state index in [0.717, 1.165) is 22.7 Å². The highest BCUT2D eigenvalue weighted by molar-refractivity contribution is 5.70. The molecule has 0 radical (unpaired) electrons. The summed E-state index contributed by atoms with van der Waals surface area (Å²) in [5, 5.41) is 8.83. The first kappa shape index (κ1) is 12.4. The number of carbonyl (C=O) groups is 1. The topological polar surface area (TPSA) is 72.4 Å². The molecule has 0 bridgehead atoms. The SMILES string of the molecule is Cc1cc2nc(CC(=O)O)cn2cc1-n1ccnc1C. The summed E-state index contributed by atoms with van der Waals surface area (Å²) >= 11 is 0. The zero-order valence-electron chi connectivity index (χ0n) is 11.2.